The van der Waals surface area contributed by atoms with E-state index in [9.17, 15) is 0 Å². The topological polar surface area (TPSA) is 21.3 Å². The molecule has 3 rings (SSSR count). The number of hydrogen-bond donors (Lipinski definition) is 1. The molecular formula is C18H23NOS. The van der Waals surface area contributed by atoms with Gasteiger partial charge in [0.1, 0.15) is 5.75 Å². The van der Waals surface area contributed by atoms with Crippen LogP contribution in [0.4, 0.5) is 0 Å². The highest BCUT2D eigenvalue weighted by Crippen LogP contribution is 2.55. The fourth-order valence-corrected chi connectivity index (χ4v) is 4.12. The van der Waals surface area contributed by atoms with Crippen molar-refractivity contribution in [3.8, 4) is 5.75 Å². The second-order valence-corrected chi connectivity index (χ2v) is 6.65. The fourth-order valence-electron chi connectivity index (χ4n) is 3.11. The Kier molecular flexibility index (Phi) is 4.61. The lowest BCUT2D eigenvalue weighted by molar-refractivity contribution is 0.395. The van der Waals surface area contributed by atoms with Gasteiger partial charge in [0.25, 0.3) is 0 Å². The number of hydrogen-bond acceptors (Lipinski definition) is 3. The Morgan fingerprint density at radius 1 is 1.29 bits per heavy atom. The van der Waals surface area contributed by atoms with Crippen LogP contribution in [0, 0.1) is 5.92 Å². The van der Waals surface area contributed by atoms with Crippen LogP contribution in [0.5, 0.6) is 5.75 Å². The monoisotopic (exact) mass is 301 g/mol. The lowest BCUT2D eigenvalue weighted by Crippen LogP contribution is -2.24. The van der Waals surface area contributed by atoms with Crippen molar-refractivity contribution in [1.29, 1.82) is 0 Å². The molecule has 0 saturated heterocycles. The van der Waals surface area contributed by atoms with Crippen LogP contribution in [0.2, 0.25) is 0 Å². The van der Waals surface area contributed by atoms with E-state index in [-0.39, 0.29) is 0 Å². The Balaban J connectivity index is 1.78. The SMILES string of the molecule is CCCNC(c1sccc1OC)C1CC1c1ccccc1. The Hall–Kier alpha value is -1.32. The second kappa shape index (κ2) is 6.63. The molecule has 1 N–H and O–H groups in total. The quantitative estimate of drug-likeness (QED) is 0.807. The highest BCUT2D eigenvalue weighted by molar-refractivity contribution is 7.10. The first-order valence-corrected chi connectivity index (χ1v) is 8.62. The first kappa shape index (κ1) is 14.6. The Bertz CT molecular complexity index is 566. The molecule has 0 spiro atoms. The minimum Gasteiger partial charge on any atom is -0.496 e. The van der Waals surface area contributed by atoms with E-state index in [1.807, 2.05) is 11.3 Å². The maximum atomic E-state index is 5.54. The molecular weight excluding hydrogens is 278 g/mol. The molecule has 2 aromatic rings. The van der Waals surface area contributed by atoms with E-state index in [1.54, 1.807) is 7.11 Å². The summed E-state index contributed by atoms with van der Waals surface area (Å²) in [5.41, 5.74) is 1.47. The average Bonchev–Trinajstić information content (AvgIpc) is 3.18. The van der Waals surface area contributed by atoms with Gasteiger partial charge >= 0.3 is 0 Å². The zero-order chi connectivity index (χ0) is 14.7. The molecule has 3 unspecified atom stereocenters. The van der Waals surface area contributed by atoms with Gasteiger partial charge in [0.05, 0.1) is 12.0 Å². The molecule has 1 aromatic heterocycles. The van der Waals surface area contributed by atoms with Crippen LogP contribution in [-0.2, 0) is 0 Å². The van der Waals surface area contributed by atoms with Crippen LogP contribution in [-0.4, -0.2) is 13.7 Å². The Morgan fingerprint density at radius 2 is 2.10 bits per heavy atom. The van der Waals surface area contributed by atoms with Crippen LogP contribution in [0.25, 0.3) is 0 Å². The summed E-state index contributed by atoms with van der Waals surface area (Å²) in [7, 11) is 1.77. The lowest BCUT2D eigenvalue weighted by Gasteiger charge is -2.19. The minimum atomic E-state index is 0.421. The predicted octanol–water partition coefficient (Wildman–Crippen LogP) is 4.60. The molecule has 21 heavy (non-hydrogen) atoms. The van der Waals surface area contributed by atoms with Gasteiger partial charge in [-0.25, -0.2) is 0 Å². The maximum absolute atomic E-state index is 5.54. The summed E-state index contributed by atoms with van der Waals surface area (Å²) in [6.45, 7) is 3.28. The van der Waals surface area contributed by atoms with Crippen molar-refractivity contribution >= 4 is 11.3 Å². The van der Waals surface area contributed by atoms with Gasteiger partial charge in [0, 0.05) is 6.04 Å². The molecule has 1 aliphatic rings. The fraction of sp³-hybridized carbons (Fsp3) is 0.444. The number of ether oxygens (including phenoxy) is 1. The molecule has 3 heteroatoms. The molecule has 1 heterocycles. The third-order valence-corrected chi connectivity index (χ3v) is 5.25. The van der Waals surface area contributed by atoms with Crippen LogP contribution in [0.15, 0.2) is 41.8 Å². The molecule has 1 aromatic carbocycles. The van der Waals surface area contributed by atoms with Gasteiger partial charge < -0.3 is 10.1 Å². The average molecular weight is 301 g/mol. The van der Waals surface area contributed by atoms with Crippen LogP contribution < -0.4 is 10.1 Å². The van der Waals surface area contributed by atoms with E-state index in [0.717, 1.165) is 18.7 Å². The predicted molar refractivity (Wildman–Crippen MR) is 89.2 cm³/mol. The summed E-state index contributed by atoms with van der Waals surface area (Å²) in [6, 6.07) is 13.4. The van der Waals surface area contributed by atoms with Gasteiger partial charge in [0.15, 0.2) is 0 Å². The number of rotatable bonds is 7. The molecule has 0 aliphatic heterocycles. The zero-order valence-corrected chi connectivity index (χ0v) is 13.5. The van der Waals surface area contributed by atoms with Gasteiger partial charge in [-0.05, 0) is 48.2 Å². The molecule has 0 amide bonds. The van der Waals surface area contributed by atoms with Gasteiger partial charge in [0.2, 0.25) is 0 Å². The van der Waals surface area contributed by atoms with Crippen molar-refractivity contribution in [2.24, 2.45) is 5.92 Å². The summed E-state index contributed by atoms with van der Waals surface area (Å²) in [5.74, 6) is 2.41. The number of benzene rings is 1. The van der Waals surface area contributed by atoms with Gasteiger partial charge in [-0.3, -0.25) is 0 Å². The van der Waals surface area contributed by atoms with Gasteiger partial charge in [-0.1, -0.05) is 37.3 Å². The number of methoxy groups -OCH3 is 1. The van der Waals surface area contributed by atoms with Crippen molar-refractivity contribution < 1.29 is 4.74 Å². The molecule has 0 bridgehead atoms. The summed E-state index contributed by atoms with van der Waals surface area (Å²) in [6.07, 6.45) is 2.43. The third-order valence-electron chi connectivity index (χ3n) is 4.27. The molecule has 1 saturated carbocycles. The summed E-state index contributed by atoms with van der Waals surface area (Å²) < 4.78 is 5.54. The number of thiophene rings is 1. The highest BCUT2D eigenvalue weighted by atomic mass is 32.1. The van der Waals surface area contributed by atoms with E-state index < -0.39 is 0 Å². The van der Waals surface area contributed by atoms with Crippen LogP contribution in [0.1, 0.15) is 42.2 Å². The molecule has 112 valence electrons. The van der Waals surface area contributed by atoms with Gasteiger partial charge in [-0.2, -0.15) is 0 Å². The first-order chi connectivity index (χ1) is 10.3. The normalized spacial score (nSPS) is 22.0. The molecule has 1 aliphatic carbocycles. The van der Waals surface area contributed by atoms with Crippen LogP contribution in [0.3, 0.4) is 0 Å². The first-order valence-electron chi connectivity index (χ1n) is 7.74. The minimum absolute atomic E-state index is 0.421. The lowest BCUT2D eigenvalue weighted by atomic mass is 10.0. The van der Waals surface area contributed by atoms with Crippen molar-refractivity contribution in [3.63, 3.8) is 0 Å². The van der Waals surface area contributed by atoms with E-state index >= 15 is 0 Å². The van der Waals surface area contributed by atoms with E-state index in [4.69, 9.17) is 4.74 Å². The van der Waals surface area contributed by atoms with Crippen molar-refractivity contribution in [3.05, 3.63) is 52.2 Å². The summed E-state index contributed by atoms with van der Waals surface area (Å²) in [5, 5.41) is 5.87. The highest BCUT2D eigenvalue weighted by Gasteiger charge is 2.45. The standard InChI is InChI=1S/C18H23NOS/c1-3-10-19-17(18-16(20-2)9-11-21-18)15-12-14(15)13-7-5-4-6-8-13/h4-9,11,14-15,17,19H,3,10,12H2,1-2H3. The zero-order valence-electron chi connectivity index (χ0n) is 12.7. The van der Waals surface area contributed by atoms with Crippen molar-refractivity contribution in [1.82, 2.24) is 5.32 Å². The van der Waals surface area contributed by atoms with Crippen molar-refractivity contribution in [2.45, 2.75) is 31.7 Å². The Morgan fingerprint density at radius 3 is 2.81 bits per heavy atom. The number of nitrogens with one attached hydrogen (secondary N) is 1. The maximum Gasteiger partial charge on any atom is 0.134 e. The van der Waals surface area contributed by atoms with Crippen molar-refractivity contribution in [2.75, 3.05) is 13.7 Å². The third kappa shape index (κ3) is 3.14. The van der Waals surface area contributed by atoms with Gasteiger partial charge in [-0.15, -0.1) is 11.3 Å². The molecule has 1 fully saturated rings. The smallest absolute Gasteiger partial charge is 0.134 e. The molecule has 3 atom stereocenters. The largest absolute Gasteiger partial charge is 0.496 e. The van der Waals surface area contributed by atoms with E-state index in [2.05, 4.69) is 54.0 Å². The summed E-state index contributed by atoms with van der Waals surface area (Å²) in [4.78, 5) is 1.36. The van der Waals surface area contributed by atoms with Crippen LogP contribution >= 0.6 is 11.3 Å². The molecule has 0 radical (unpaired) electrons. The van der Waals surface area contributed by atoms with E-state index in [1.165, 1.54) is 16.9 Å². The molecule has 2 nitrogen and oxygen atoms in total. The second-order valence-electron chi connectivity index (χ2n) is 5.70. The van der Waals surface area contributed by atoms with E-state index in [0.29, 0.717) is 17.9 Å². The Labute approximate surface area is 131 Å². The summed E-state index contributed by atoms with van der Waals surface area (Å²) >= 11 is 1.81.